The van der Waals surface area contributed by atoms with Crippen LogP contribution in [0.15, 0.2) is 4.79 Å². The molecule has 0 bridgehead atoms. The lowest BCUT2D eigenvalue weighted by molar-refractivity contribution is 0.0442. The van der Waals surface area contributed by atoms with Gasteiger partial charge in [-0.3, -0.25) is 14.3 Å². The average Bonchev–Trinajstić information content (AvgIpc) is 2.84. The quantitative estimate of drug-likeness (QED) is 0.325. The molecular weight excluding hydrogens is 351 g/mol. The molecule has 0 atom stereocenters. The second-order valence-electron chi connectivity index (χ2n) is 5.23. The number of H-pyrrole nitrogens is 1. The number of halogens is 2. The van der Waals surface area contributed by atoms with Crippen LogP contribution in [0.4, 0.5) is 26.2 Å². The Labute approximate surface area is 135 Å². The number of aromatic amines is 1. The number of ether oxygens (including phenoxy) is 1. The van der Waals surface area contributed by atoms with E-state index in [1.807, 2.05) is 0 Å². The predicted molar refractivity (Wildman–Crippen MR) is 81.9 cm³/mol. The maximum Gasteiger partial charge on any atom is 0.394 e. The molecule has 1 aromatic rings. The van der Waals surface area contributed by atoms with Crippen molar-refractivity contribution in [2.75, 3.05) is 36.0 Å². The maximum atomic E-state index is 13.1. The van der Waals surface area contributed by atoms with Gasteiger partial charge in [-0.15, -0.1) is 0 Å². The summed E-state index contributed by atoms with van der Waals surface area (Å²) in [7, 11) is -5.43. The van der Waals surface area contributed by atoms with Crippen LogP contribution in [0.2, 0.25) is 0 Å². The molecule has 0 amide bonds. The number of unbranched alkanes of at least 4 members (excludes halogenated alkanes) is 1. The van der Waals surface area contributed by atoms with Crippen molar-refractivity contribution in [3.63, 3.8) is 0 Å². The monoisotopic (exact) mass is 369 g/mol. The van der Waals surface area contributed by atoms with E-state index in [1.54, 1.807) is 4.90 Å². The summed E-state index contributed by atoms with van der Waals surface area (Å²) in [5.41, 5.74) is 1.32. The standard InChI is InChI=1S/C11H18F2N5O5P/c12-11(13,24(20,21)22)3-1-2-4-23-6-18-5-15-7-8(18)16-10(14)17-9(7)19/h15H,1-6H2,(H2,20,21,22)(H3,14,16,17,19). The first-order chi connectivity index (χ1) is 11.1. The summed E-state index contributed by atoms with van der Waals surface area (Å²) in [4.78, 5) is 36.6. The molecule has 2 rings (SSSR count). The van der Waals surface area contributed by atoms with Crippen LogP contribution in [0.3, 0.4) is 0 Å². The van der Waals surface area contributed by atoms with Crippen LogP contribution in [0.5, 0.6) is 0 Å². The maximum absolute atomic E-state index is 13.1. The molecule has 1 aliphatic rings. The van der Waals surface area contributed by atoms with Gasteiger partial charge in [0.2, 0.25) is 5.95 Å². The number of nitrogens with two attached hydrogens (primary N) is 1. The summed E-state index contributed by atoms with van der Waals surface area (Å²) in [5, 5.41) is 2.83. The highest BCUT2D eigenvalue weighted by molar-refractivity contribution is 7.53. The van der Waals surface area contributed by atoms with Gasteiger partial charge in [-0.25, -0.2) is 0 Å². The number of nitrogens with one attached hydrogen (secondary N) is 2. The summed E-state index contributed by atoms with van der Waals surface area (Å²) >= 11 is 0. The van der Waals surface area contributed by atoms with Gasteiger partial charge in [0.15, 0.2) is 5.82 Å². The van der Waals surface area contributed by atoms with Crippen LogP contribution < -0.4 is 21.5 Å². The number of nitrogens with zero attached hydrogens (tertiary/aromatic N) is 2. The first-order valence-corrected chi connectivity index (χ1v) is 8.63. The van der Waals surface area contributed by atoms with E-state index in [0.29, 0.717) is 5.82 Å². The number of aromatic nitrogens is 2. The van der Waals surface area contributed by atoms with Gasteiger partial charge in [0.1, 0.15) is 12.4 Å². The largest absolute Gasteiger partial charge is 0.394 e. The van der Waals surface area contributed by atoms with Crippen molar-refractivity contribution >= 4 is 25.0 Å². The Morgan fingerprint density at radius 3 is 2.79 bits per heavy atom. The molecule has 24 heavy (non-hydrogen) atoms. The molecule has 0 radical (unpaired) electrons. The van der Waals surface area contributed by atoms with E-state index in [2.05, 4.69) is 15.3 Å². The summed E-state index contributed by atoms with van der Waals surface area (Å²) in [6.07, 6.45) is -0.811. The predicted octanol–water partition coefficient (Wildman–Crippen LogP) is 0.456. The van der Waals surface area contributed by atoms with Crippen LogP contribution in [0.1, 0.15) is 19.3 Å². The number of hydrogen-bond donors (Lipinski definition) is 5. The fraction of sp³-hybridized carbons (Fsp3) is 0.636. The fourth-order valence-corrected chi connectivity index (χ4v) is 2.53. The Morgan fingerprint density at radius 2 is 2.12 bits per heavy atom. The highest BCUT2D eigenvalue weighted by Gasteiger charge is 2.47. The topological polar surface area (TPSA) is 154 Å². The minimum Gasteiger partial charge on any atom is -0.369 e. The molecule has 1 aromatic heterocycles. The molecule has 0 aliphatic carbocycles. The Bertz CT molecular complexity index is 694. The molecule has 13 heteroatoms. The van der Waals surface area contributed by atoms with Gasteiger partial charge in [0, 0.05) is 13.0 Å². The van der Waals surface area contributed by atoms with Crippen molar-refractivity contribution in [2.45, 2.75) is 24.9 Å². The third-order valence-electron chi connectivity index (χ3n) is 3.35. The Hall–Kier alpha value is -1.75. The molecule has 0 fully saturated rings. The van der Waals surface area contributed by atoms with E-state index >= 15 is 0 Å². The van der Waals surface area contributed by atoms with Crippen molar-refractivity contribution in [2.24, 2.45) is 0 Å². The SMILES string of the molecule is Nc1nc2c(c(=O)[nH]1)NCN2COCCCCC(F)(F)P(=O)(O)O. The summed E-state index contributed by atoms with van der Waals surface area (Å²) < 4.78 is 42.0. The summed E-state index contributed by atoms with van der Waals surface area (Å²) in [6.45, 7) is 0.456. The lowest BCUT2D eigenvalue weighted by Crippen LogP contribution is -2.27. The number of nitrogen functional groups attached to an aromatic ring is 1. The summed E-state index contributed by atoms with van der Waals surface area (Å²) in [6, 6.07) is 0. The van der Waals surface area contributed by atoms with Crippen molar-refractivity contribution < 1.29 is 27.9 Å². The van der Waals surface area contributed by atoms with Gasteiger partial charge in [-0.1, -0.05) is 0 Å². The third kappa shape index (κ3) is 4.20. The minimum absolute atomic E-state index is 0.0351. The zero-order chi connectivity index (χ0) is 18.0. The van der Waals surface area contributed by atoms with Crippen LogP contribution >= 0.6 is 7.60 Å². The van der Waals surface area contributed by atoms with E-state index in [1.165, 1.54) is 0 Å². The smallest absolute Gasteiger partial charge is 0.369 e. The second-order valence-corrected chi connectivity index (χ2v) is 6.97. The Balaban J connectivity index is 1.74. The van der Waals surface area contributed by atoms with E-state index in [4.69, 9.17) is 20.3 Å². The van der Waals surface area contributed by atoms with E-state index in [0.717, 1.165) is 0 Å². The van der Waals surface area contributed by atoms with Crippen molar-refractivity contribution in [3.8, 4) is 0 Å². The van der Waals surface area contributed by atoms with E-state index in [9.17, 15) is 18.1 Å². The molecule has 0 unspecified atom stereocenters. The Morgan fingerprint density at radius 1 is 1.42 bits per heavy atom. The van der Waals surface area contributed by atoms with E-state index in [-0.39, 0.29) is 44.5 Å². The van der Waals surface area contributed by atoms with Crippen LogP contribution in [0.25, 0.3) is 0 Å². The van der Waals surface area contributed by atoms with Crippen LogP contribution in [-0.2, 0) is 9.30 Å². The van der Waals surface area contributed by atoms with Crippen molar-refractivity contribution in [1.29, 1.82) is 0 Å². The lowest BCUT2D eigenvalue weighted by Gasteiger charge is -2.18. The highest BCUT2D eigenvalue weighted by atomic mass is 31.2. The molecule has 0 saturated carbocycles. The van der Waals surface area contributed by atoms with Crippen molar-refractivity contribution in [3.05, 3.63) is 10.4 Å². The van der Waals surface area contributed by atoms with Gasteiger partial charge in [-0.2, -0.15) is 13.8 Å². The van der Waals surface area contributed by atoms with E-state index < -0.39 is 25.2 Å². The number of rotatable bonds is 8. The molecule has 10 nitrogen and oxygen atoms in total. The van der Waals surface area contributed by atoms with Gasteiger partial charge in [-0.05, 0) is 12.8 Å². The molecular formula is C11H18F2N5O5P. The molecule has 136 valence electrons. The van der Waals surface area contributed by atoms with Gasteiger partial charge >= 0.3 is 13.3 Å². The first kappa shape index (κ1) is 18.6. The third-order valence-corrected chi connectivity index (χ3v) is 4.43. The number of hydrogen-bond acceptors (Lipinski definition) is 7. The van der Waals surface area contributed by atoms with Gasteiger partial charge in [0.05, 0.1) is 6.67 Å². The lowest BCUT2D eigenvalue weighted by atomic mass is 10.2. The highest BCUT2D eigenvalue weighted by Crippen LogP contribution is 2.55. The molecule has 1 aliphatic heterocycles. The van der Waals surface area contributed by atoms with Crippen LogP contribution in [-0.4, -0.2) is 45.4 Å². The van der Waals surface area contributed by atoms with Crippen LogP contribution in [0, 0.1) is 0 Å². The first-order valence-electron chi connectivity index (χ1n) is 7.01. The average molecular weight is 369 g/mol. The summed E-state index contributed by atoms with van der Waals surface area (Å²) in [5.74, 6) is 0.302. The molecule has 0 spiro atoms. The number of fused-ring (bicyclic) bond motifs is 1. The fourth-order valence-electron chi connectivity index (χ4n) is 2.08. The van der Waals surface area contributed by atoms with Crippen molar-refractivity contribution in [1.82, 2.24) is 9.97 Å². The number of anilines is 3. The zero-order valence-electron chi connectivity index (χ0n) is 12.5. The van der Waals surface area contributed by atoms with Gasteiger partial charge < -0.3 is 30.5 Å². The second kappa shape index (κ2) is 7.01. The number of alkyl halides is 2. The molecule has 0 aromatic carbocycles. The normalized spacial score (nSPS) is 14.6. The molecule has 0 saturated heterocycles. The minimum atomic E-state index is -5.43. The van der Waals surface area contributed by atoms with Gasteiger partial charge in [0.25, 0.3) is 5.56 Å². The molecule has 6 N–H and O–H groups in total. The zero-order valence-corrected chi connectivity index (χ0v) is 13.4. The molecule has 2 heterocycles. The Kier molecular flexibility index (Phi) is 5.43.